The van der Waals surface area contributed by atoms with E-state index >= 15 is 0 Å². The van der Waals surface area contributed by atoms with Crippen LogP contribution < -0.4 is 10.1 Å². The molecule has 0 amide bonds. The molecule has 0 aliphatic rings. The summed E-state index contributed by atoms with van der Waals surface area (Å²) in [5.74, 6) is 1.06. The molecule has 1 aromatic carbocycles. The molecule has 0 radical (unpaired) electrons. The van der Waals surface area contributed by atoms with Crippen LogP contribution in [0.2, 0.25) is 0 Å². The molecule has 2 rings (SSSR count). The third-order valence-corrected chi connectivity index (χ3v) is 3.77. The minimum absolute atomic E-state index is 0.0810. The zero-order chi connectivity index (χ0) is 17.4. The quantitative estimate of drug-likeness (QED) is 0.487. The second-order valence-corrected chi connectivity index (χ2v) is 6.01. The number of hydrogen-bond acceptors (Lipinski definition) is 5. The van der Waals surface area contributed by atoms with Gasteiger partial charge in [-0.3, -0.25) is 10.3 Å². The first-order valence-electron chi connectivity index (χ1n) is 8.30. The lowest BCUT2D eigenvalue weighted by atomic mass is 10.0. The van der Waals surface area contributed by atoms with Gasteiger partial charge in [0.1, 0.15) is 18.1 Å². The number of aromatic nitrogens is 1. The van der Waals surface area contributed by atoms with E-state index in [1.807, 2.05) is 0 Å². The molecule has 1 aromatic heterocycles. The average Bonchev–Trinajstić information content (AvgIpc) is 2.60. The standard InChI is InChI=1S/C19H26N2O3/c1-14(2)16-8-6-15(7-9-16)13-24-17-5-3-10-20-18(17)19(23)21-11-4-12-22/h3,5-10,14,19,21-23H,4,11-13H2,1-2H3/t19-/m0/s1. The molecule has 0 aliphatic carbocycles. The molecule has 0 saturated carbocycles. The van der Waals surface area contributed by atoms with Crippen LogP contribution in [0.1, 0.15) is 49.2 Å². The molecule has 3 N–H and O–H groups in total. The highest BCUT2D eigenvalue weighted by atomic mass is 16.5. The summed E-state index contributed by atoms with van der Waals surface area (Å²) in [7, 11) is 0. The molecule has 5 nitrogen and oxygen atoms in total. The molecule has 1 atom stereocenters. The SMILES string of the molecule is CC(C)c1ccc(COc2cccnc2[C@H](O)NCCCO)cc1. The second-order valence-electron chi connectivity index (χ2n) is 6.01. The van der Waals surface area contributed by atoms with Gasteiger partial charge in [0.05, 0.1) is 0 Å². The van der Waals surface area contributed by atoms with Gasteiger partial charge >= 0.3 is 0 Å². The Kier molecular flexibility index (Phi) is 7.18. The molecule has 0 aliphatic heterocycles. The summed E-state index contributed by atoms with van der Waals surface area (Å²) in [5.41, 5.74) is 2.82. The van der Waals surface area contributed by atoms with Crippen molar-refractivity contribution >= 4 is 0 Å². The fourth-order valence-electron chi connectivity index (χ4n) is 2.30. The van der Waals surface area contributed by atoms with E-state index < -0.39 is 6.23 Å². The average molecular weight is 330 g/mol. The fourth-order valence-corrected chi connectivity index (χ4v) is 2.30. The minimum atomic E-state index is -0.920. The minimum Gasteiger partial charge on any atom is -0.487 e. The number of nitrogens with zero attached hydrogens (tertiary/aromatic N) is 1. The van der Waals surface area contributed by atoms with E-state index in [0.29, 0.717) is 36.9 Å². The first-order chi connectivity index (χ1) is 11.6. The van der Waals surface area contributed by atoms with E-state index in [0.717, 1.165) is 5.56 Å². The lowest BCUT2D eigenvalue weighted by molar-refractivity contribution is 0.125. The topological polar surface area (TPSA) is 74.6 Å². The van der Waals surface area contributed by atoms with E-state index in [1.165, 1.54) is 5.56 Å². The van der Waals surface area contributed by atoms with Crippen LogP contribution in [-0.4, -0.2) is 28.3 Å². The van der Waals surface area contributed by atoms with Crippen molar-refractivity contribution in [2.45, 2.75) is 39.0 Å². The van der Waals surface area contributed by atoms with Crippen LogP contribution in [0.3, 0.4) is 0 Å². The van der Waals surface area contributed by atoms with Crippen LogP contribution >= 0.6 is 0 Å². The molecule has 5 heteroatoms. The molecule has 1 heterocycles. The van der Waals surface area contributed by atoms with Gasteiger partial charge in [0.2, 0.25) is 0 Å². The number of nitrogens with one attached hydrogen (secondary N) is 1. The summed E-state index contributed by atoms with van der Waals surface area (Å²) in [6.45, 7) is 5.33. The van der Waals surface area contributed by atoms with Crippen LogP contribution in [0.25, 0.3) is 0 Å². The van der Waals surface area contributed by atoms with Crippen LogP contribution in [0.15, 0.2) is 42.6 Å². The van der Waals surface area contributed by atoms with Crippen LogP contribution in [-0.2, 0) is 6.61 Å². The molecule has 130 valence electrons. The van der Waals surface area contributed by atoms with Crippen molar-refractivity contribution < 1.29 is 14.9 Å². The van der Waals surface area contributed by atoms with Crippen LogP contribution in [0.5, 0.6) is 5.75 Å². The van der Waals surface area contributed by atoms with Crippen molar-refractivity contribution in [1.29, 1.82) is 0 Å². The van der Waals surface area contributed by atoms with Crippen molar-refractivity contribution in [3.63, 3.8) is 0 Å². The van der Waals surface area contributed by atoms with E-state index in [2.05, 4.69) is 48.4 Å². The van der Waals surface area contributed by atoms with Gasteiger partial charge in [0.15, 0.2) is 6.23 Å². The summed E-state index contributed by atoms with van der Waals surface area (Å²) in [6, 6.07) is 11.9. The Balaban J connectivity index is 1.99. The number of rotatable bonds is 9. The molecule has 0 unspecified atom stereocenters. The normalized spacial score (nSPS) is 12.4. The summed E-state index contributed by atoms with van der Waals surface area (Å²) >= 11 is 0. The van der Waals surface area contributed by atoms with E-state index in [4.69, 9.17) is 9.84 Å². The molecule has 0 saturated heterocycles. The third-order valence-electron chi connectivity index (χ3n) is 3.77. The molecule has 0 fully saturated rings. The fraction of sp³-hybridized carbons (Fsp3) is 0.421. The number of aliphatic hydroxyl groups is 2. The van der Waals surface area contributed by atoms with Gasteiger partial charge in [-0.2, -0.15) is 0 Å². The van der Waals surface area contributed by atoms with Gasteiger partial charge in [-0.25, -0.2) is 0 Å². The van der Waals surface area contributed by atoms with E-state index in [-0.39, 0.29) is 6.61 Å². The zero-order valence-corrected chi connectivity index (χ0v) is 14.3. The first-order valence-corrected chi connectivity index (χ1v) is 8.30. The number of ether oxygens (including phenoxy) is 1. The van der Waals surface area contributed by atoms with Crippen LogP contribution in [0.4, 0.5) is 0 Å². The highest BCUT2D eigenvalue weighted by molar-refractivity contribution is 5.29. The van der Waals surface area contributed by atoms with E-state index in [1.54, 1.807) is 18.3 Å². The highest BCUT2D eigenvalue weighted by Gasteiger charge is 2.14. The Labute approximate surface area is 143 Å². The molecular weight excluding hydrogens is 304 g/mol. The second kappa shape index (κ2) is 9.37. The summed E-state index contributed by atoms with van der Waals surface area (Å²) in [5, 5.41) is 21.9. The summed E-state index contributed by atoms with van der Waals surface area (Å²) in [6.07, 6.45) is 1.27. The Morgan fingerprint density at radius 1 is 1.17 bits per heavy atom. The van der Waals surface area contributed by atoms with Gasteiger partial charge in [-0.05, 0) is 35.6 Å². The lowest BCUT2D eigenvalue weighted by Crippen LogP contribution is -2.24. The molecule has 0 bridgehead atoms. The maximum Gasteiger partial charge on any atom is 0.151 e. The monoisotopic (exact) mass is 330 g/mol. The first kappa shape index (κ1) is 18.4. The Morgan fingerprint density at radius 3 is 2.58 bits per heavy atom. The summed E-state index contributed by atoms with van der Waals surface area (Å²) in [4.78, 5) is 4.21. The molecular formula is C19H26N2O3. The zero-order valence-electron chi connectivity index (χ0n) is 14.3. The number of benzene rings is 1. The largest absolute Gasteiger partial charge is 0.487 e. The van der Waals surface area contributed by atoms with E-state index in [9.17, 15) is 5.11 Å². The van der Waals surface area contributed by atoms with Crippen molar-refractivity contribution in [3.8, 4) is 5.75 Å². The van der Waals surface area contributed by atoms with Crippen molar-refractivity contribution in [1.82, 2.24) is 10.3 Å². The number of aliphatic hydroxyl groups excluding tert-OH is 2. The van der Waals surface area contributed by atoms with Gasteiger partial charge in [0.25, 0.3) is 0 Å². The predicted molar refractivity (Wildman–Crippen MR) is 93.8 cm³/mol. The smallest absolute Gasteiger partial charge is 0.151 e. The Hall–Kier alpha value is -1.95. The number of pyridine rings is 1. The van der Waals surface area contributed by atoms with Gasteiger partial charge < -0.3 is 14.9 Å². The van der Waals surface area contributed by atoms with Gasteiger partial charge in [-0.15, -0.1) is 0 Å². The van der Waals surface area contributed by atoms with Gasteiger partial charge in [-0.1, -0.05) is 38.1 Å². The third kappa shape index (κ3) is 5.30. The maximum atomic E-state index is 10.2. The Morgan fingerprint density at radius 2 is 1.92 bits per heavy atom. The van der Waals surface area contributed by atoms with Gasteiger partial charge in [0, 0.05) is 19.3 Å². The predicted octanol–water partition coefficient (Wildman–Crippen LogP) is 2.75. The highest BCUT2D eigenvalue weighted by Crippen LogP contribution is 2.22. The molecule has 0 spiro atoms. The lowest BCUT2D eigenvalue weighted by Gasteiger charge is -2.16. The summed E-state index contributed by atoms with van der Waals surface area (Å²) < 4.78 is 5.84. The Bertz CT molecular complexity index is 614. The van der Waals surface area contributed by atoms with Crippen molar-refractivity contribution in [3.05, 3.63) is 59.4 Å². The number of hydrogen-bond donors (Lipinski definition) is 3. The maximum absolute atomic E-state index is 10.2. The molecule has 24 heavy (non-hydrogen) atoms. The molecule has 2 aromatic rings. The van der Waals surface area contributed by atoms with Crippen molar-refractivity contribution in [2.75, 3.05) is 13.2 Å². The van der Waals surface area contributed by atoms with Crippen LogP contribution in [0, 0.1) is 0 Å². The van der Waals surface area contributed by atoms with Crippen molar-refractivity contribution in [2.24, 2.45) is 0 Å².